The Morgan fingerprint density at radius 2 is 2.00 bits per heavy atom. The molecule has 0 atom stereocenters. The molecule has 0 saturated heterocycles. The number of rotatable bonds is 2. The second-order valence-corrected chi connectivity index (χ2v) is 3.14. The molecule has 15 heavy (non-hydrogen) atoms. The lowest BCUT2D eigenvalue weighted by atomic mass is 10.2. The minimum absolute atomic E-state index is 0.0667. The Morgan fingerprint density at radius 1 is 1.33 bits per heavy atom. The highest BCUT2D eigenvalue weighted by Gasteiger charge is 2.30. The Kier molecular flexibility index (Phi) is 3.63. The van der Waals surface area contributed by atoms with E-state index in [1.54, 1.807) is 13.0 Å². The van der Waals surface area contributed by atoms with E-state index < -0.39 is 11.7 Å². The van der Waals surface area contributed by atoms with E-state index in [-0.39, 0.29) is 10.8 Å². The molecule has 0 saturated carbocycles. The minimum Gasteiger partial charge on any atom is -0.464 e. The predicted molar refractivity (Wildman–Crippen MR) is 51.9 cm³/mol. The first-order valence-corrected chi connectivity index (χ1v) is 4.47. The SMILES string of the molecule is CC=COc1ccc(C(F)(F)F)cc1Cl. The van der Waals surface area contributed by atoms with E-state index in [1.165, 1.54) is 12.3 Å². The van der Waals surface area contributed by atoms with Crippen LogP contribution in [0.1, 0.15) is 12.5 Å². The Bertz CT molecular complexity index is 371. The highest BCUT2D eigenvalue weighted by Crippen LogP contribution is 2.34. The third-order valence-corrected chi connectivity index (χ3v) is 1.89. The van der Waals surface area contributed by atoms with Gasteiger partial charge in [-0.25, -0.2) is 0 Å². The van der Waals surface area contributed by atoms with Gasteiger partial charge in [0.25, 0.3) is 0 Å². The molecule has 0 radical (unpaired) electrons. The summed E-state index contributed by atoms with van der Waals surface area (Å²) in [4.78, 5) is 0. The van der Waals surface area contributed by atoms with Crippen LogP contribution in [-0.4, -0.2) is 0 Å². The Morgan fingerprint density at radius 3 is 2.47 bits per heavy atom. The molecule has 0 aromatic heterocycles. The molecule has 0 heterocycles. The molecule has 1 aromatic carbocycles. The first-order chi connectivity index (χ1) is 6.95. The summed E-state index contributed by atoms with van der Waals surface area (Å²) >= 11 is 5.61. The molecule has 5 heteroatoms. The van der Waals surface area contributed by atoms with Gasteiger partial charge in [0, 0.05) is 0 Å². The Balaban J connectivity index is 2.98. The van der Waals surface area contributed by atoms with Gasteiger partial charge in [-0.2, -0.15) is 13.2 Å². The van der Waals surface area contributed by atoms with Crippen molar-refractivity contribution in [2.24, 2.45) is 0 Å². The van der Waals surface area contributed by atoms with Crippen molar-refractivity contribution in [1.82, 2.24) is 0 Å². The molecule has 1 aromatic rings. The maximum absolute atomic E-state index is 12.2. The summed E-state index contributed by atoms with van der Waals surface area (Å²) in [5.41, 5.74) is -0.791. The molecule has 0 aliphatic heterocycles. The summed E-state index contributed by atoms with van der Waals surface area (Å²) in [6, 6.07) is 2.94. The summed E-state index contributed by atoms with van der Waals surface area (Å²) in [5, 5.41) is -0.0667. The van der Waals surface area contributed by atoms with Gasteiger partial charge >= 0.3 is 6.18 Å². The van der Waals surface area contributed by atoms with E-state index >= 15 is 0 Å². The van der Waals surface area contributed by atoms with E-state index in [0.29, 0.717) is 0 Å². The van der Waals surface area contributed by atoms with E-state index in [9.17, 15) is 13.2 Å². The maximum Gasteiger partial charge on any atom is 0.416 e. The average molecular weight is 237 g/mol. The first kappa shape index (κ1) is 11.9. The lowest BCUT2D eigenvalue weighted by molar-refractivity contribution is -0.137. The van der Waals surface area contributed by atoms with Gasteiger partial charge < -0.3 is 4.74 Å². The molecule has 0 unspecified atom stereocenters. The Labute approximate surface area is 90.1 Å². The van der Waals surface area contributed by atoms with Crippen molar-refractivity contribution in [3.05, 3.63) is 41.1 Å². The number of halogens is 4. The van der Waals surface area contributed by atoms with Gasteiger partial charge in [-0.15, -0.1) is 0 Å². The third-order valence-electron chi connectivity index (χ3n) is 1.59. The molecule has 0 bridgehead atoms. The van der Waals surface area contributed by atoms with Crippen LogP contribution in [0.25, 0.3) is 0 Å². The predicted octanol–water partition coefficient (Wildman–Crippen LogP) is 4.27. The van der Waals surface area contributed by atoms with Crippen LogP contribution in [-0.2, 0) is 6.18 Å². The third kappa shape index (κ3) is 3.16. The van der Waals surface area contributed by atoms with Crippen LogP contribution in [0.3, 0.4) is 0 Å². The first-order valence-electron chi connectivity index (χ1n) is 4.09. The summed E-state index contributed by atoms with van der Waals surface area (Å²) in [7, 11) is 0. The number of hydrogen-bond donors (Lipinski definition) is 0. The lowest BCUT2D eigenvalue weighted by Crippen LogP contribution is -2.04. The van der Waals surface area contributed by atoms with Crippen LogP contribution in [0, 0.1) is 0 Å². The highest BCUT2D eigenvalue weighted by molar-refractivity contribution is 6.32. The zero-order chi connectivity index (χ0) is 11.5. The number of hydrogen-bond acceptors (Lipinski definition) is 1. The number of allylic oxidation sites excluding steroid dienone is 1. The largest absolute Gasteiger partial charge is 0.464 e. The molecule has 0 spiro atoms. The van der Waals surface area contributed by atoms with Crippen molar-refractivity contribution in [3.63, 3.8) is 0 Å². The number of benzene rings is 1. The molecule has 1 rings (SSSR count). The fourth-order valence-electron chi connectivity index (χ4n) is 0.914. The van der Waals surface area contributed by atoms with Crippen molar-refractivity contribution in [1.29, 1.82) is 0 Å². The smallest absolute Gasteiger partial charge is 0.416 e. The number of alkyl halides is 3. The highest BCUT2D eigenvalue weighted by atomic mass is 35.5. The molecule has 0 N–H and O–H groups in total. The molecular formula is C10H8ClF3O. The topological polar surface area (TPSA) is 9.23 Å². The molecule has 0 aliphatic rings. The van der Waals surface area contributed by atoms with Gasteiger partial charge in [0.2, 0.25) is 0 Å². The summed E-state index contributed by atoms with van der Waals surface area (Å²) in [6.07, 6.45) is -1.44. The van der Waals surface area contributed by atoms with Gasteiger partial charge in [0.15, 0.2) is 0 Å². The molecule has 1 nitrogen and oxygen atoms in total. The quantitative estimate of drug-likeness (QED) is 0.697. The second-order valence-electron chi connectivity index (χ2n) is 2.73. The van der Waals surface area contributed by atoms with Gasteiger partial charge in [0.1, 0.15) is 5.75 Å². The summed E-state index contributed by atoms with van der Waals surface area (Å²) in [6.45, 7) is 1.72. The van der Waals surface area contributed by atoms with Crippen LogP contribution < -0.4 is 4.74 Å². The van der Waals surface area contributed by atoms with Crippen molar-refractivity contribution in [2.45, 2.75) is 13.1 Å². The van der Waals surface area contributed by atoms with Gasteiger partial charge in [-0.1, -0.05) is 17.7 Å². The van der Waals surface area contributed by atoms with Crippen molar-refractivity contribution >= 4 is 11.6 Å². The van der Waals surface area contributed by atoms with Crippen molar-refractivity contribution in [2.75, 3.05) is 0 Å². The van der Waals surface area contributed by atoms with E-state index in [0.717, 1.165) is 12.1 Å². The van der Waals surface area contributed by atoms with Crippen LogP contribution >= 0.6 is 11.6 Å². The fourth-order valence-corrected chi connectivity index (χ4v) is 1.14. The van der Waals surface area contributed by atoms with Gasteiger partial charge in [-0.3, -0.25) is 0 Å². The van der Waals surface area contributed by atoms with Crippen LogP contribution in [0.5, 0.6) is 5.75 Å². The summed E-state index contributed by atoms with van der Waals surface area (Å²) in [5.74, 6) is 0.197. The normalized spacial score (nSPS) is 12.1. The zero-order valence-corrected chi connectivity index (χ0v) is 8.56. The van der Waals surface area contributed by atoms with E-state index in [1.807, 2.05) is 0 Å². The Hall–Kier alpha value is -1.16. The lowest BCUT2D eigenvalue weighted by Gasteiger charge is -2.08. The average Bonchev–Trinajstić information content (AvgIpc) is 2.14. The minimum atomic E-state index is -4.39. The monoisotopic (exact) mass is 236 g/mol. The van der Waals surface area contributed by atoms with Gasteiger partial charge in [-0.05, 0) is 25.1 Å². The molecule has 0 amide bonds. The fraction of sp³-hybridized carbons (Fsp3) is 0.200. The maximum atomic E-state index is 12.2. The molecule has 0 fully saturated rings. The van der Waals surface area contributed by atoms with Crippen molar-refractivity contribution < 1.29 is 17.9 Å². The summed E-state index contributed by atoms with van der Waals surface area (Å²) < 4.78 is 41.7. The molecule has 0 aliphatic carbocycles. The zero-order valence-electron chi connectivity index (χ0n) is 7.81. The van der Waals surface area contributed by atoms with Crippen LogP contribution in [0.4, 0.5) is 13.2 Å². The number of ether oxygens (including phenoxy) is 1. The van der Waals surface area contributed by atoms with E-state index in [2.05, 4.69) is 0 Å². The van der Waals surface area contributed by atoms with Crippen molar-refractivity contribution in [3.8, 4) is 5.75 Å². The second kappa shape index (κ2) is 4.57. The van der Waals surface area contributed by atoms with Crippen LogP contribution in [0.2, 0.25) is 5.02 Å². The van der Waals surface area contributed by atoms with Crippen LogP contribution in [0.15, 0.2) is 30.5 Å². The molecular weight excluding hydrogens is 229 g/mol. The van der Waals surface area contributed by atoms with E-state index in [4.69, 9.17) is 16.3 Å². The molecule has 82 valence electrons. The standard InChI is InChI=1S/C10H8ClF3O/c1-2-5-15-9-4-3-7(6-8(9)11)10(12,13)14/h2-6H,1H3. The van der Waals surface area contributed by atoms with Gasteiger partial charge in [0.05, 0.1) is 16.8 Å².